The standard InChI is InChI=1S/C22H29N5O3S/c1-12-9-10-13(2)16(11-12)27(14(3)21(29)25-15-7-5-4-6-8-15)22(30)19-17(23)18(20(24)28)26-31-19/h9-11,14-15H,4-8,23H2,1-3H3,(H2,24,28)(H,25,29)/t14-/m1/s1. The van der Waals surface area contributed by atoms with Crippen LogP contribution in [0.15, 0.2) is 18.2 Å². The van der Waals surface area contributed by atoms with Gasteiger partial charge in [-0.25, -0.2) is 0 Å². The number of nitrogens with two attached hydrogens (primary N) is 2. The van der Waals surface area contributed by atoms with Crippen LogP contribution in [0.25, 0.3) is 0 Å². The van der Waals surface area contributed by atoms with Crippen molar-refractivity contribution in [2.24, 2.45) is 5.73 Å². The molecule has 1 aromatic carbocycles. The summed E-state index contributed by atoms with van der Waals surface area (Å²) in [6.45, 7) is 5.50. The summed E-state index contributed by atoms with van der Waals surface area (Å²) < 4.78 is 3.94. The SMILES string of the molecule is Cc1ccc(C)c(N(C(=O)c2snc(C(N)=O)c2N)[C@H](C)C(=O)NC2CCCCC2)c1. The third-order valence-electron chi connectivity index (χ3n) is 5.72. The fraction of sp³-hybridized carbons (Fsp3) is 0.455. The number of carbonyl (C=O) groups is 3. The number of hydrogen-bond acceptors (Lipinski definition) is 6. The number of aryl methyl sites for hydroxylation is 2. The van der Waals surface area contributed by atoms with Crippen LogP contribution in [0.1, 0.15) is 70.3 Å². The molecule has 0 saturated heterocycles. The number of anilines is 2. The molecular weight excluding hydrogens is 414 g/mol. The van der Waals surface area contributed by atoms with Crippen LogP contribution in [0.3, 0.4) is 0 Å². The highest BCUT2D eigenvalue weighted by atomic mass is 32.1. The molecule has 1 heterocycles. The monoisotopic (exact) mass is 443 g/mol. The molecule has 166 valence electrons. The van der Waals surface area contributed by atoms with Crippen molar-refractivity contribution in [3.63, 3.8) is 0 Å². The van der Waals surface area contributed by atoms with Gasteiger partial charge in [0.2, 0.25) is 5.91 Å². The molecule has 3 amide bonds. The zero-order chi connectivity index (χ0) is 22.7. The molecule has 1 fully saturated rings. The van der Waals surface area contributed by atoms with Crippen LogP contribution in [0.5, 0.6) is 0 Å². The van der Waals surface area contributed by atoms with Gasteiger partial charge >= 0.3 is 0 Å². The van der Waals surface area contributed by atoms with E-state index in [0.717, 1.165) is 48.3 Å². The molecular formula is C22H29N5O3S. The summed E-state index contributed by atoms with van der Waals surface area (Å²) in [5.41, 5.74) is 13.5. The molecule has 31 heavy (non-hydrogen) atoms. The van der Waals surface area contributed by atoms with Crippen molar-refractivity contribution in [1.82, 2.24) is 9.69 Å². The number of rotatable bonds is 6. The Kier molecular flexibility index (Phi) is 6.94. The Hall–Kier alpha value is -2.94. The van der Waals surface area contributed by atoms with Gasteiger partial charge in [0.15, 0.2) is 5.69 Å². The van der Waals surface area contributed by atoms with E-state index in [0.29, 0.717) is 5.69 Å². The Balaban J connectivity index is 1.98. The van der Waals surface area contributed by atoms with E-state index in [1.807, 2.05) is 32.0 Å². The fourth-order valence-electron chi connectivity index (χ4n) is 3.90. The average molecular weight is 444 g/mol. The van der Waals surface area contributed by atoms with Gasteiger partial charge in [-0.2, -0.15) is 4.37 Å². The Labute approximate surface area is 186 Å². The van der Waals surface area contributed by atoms with Gasteiger partial charge in [0.25, 0.3) is 11.8 Å². The van der Waals surface area contributed by atoms with E-state index in [1.54, 1.807) is 6.92 Å². The maximum absolute atomic E-state index is 13.6. The second-order valence-corrected chi connectivity index (χ2v) is 8.90. The van der Waals surface area contributed by atoms with E-state index in [4.69, 9.17) is 11.5 Å². The molecule has 1 aromatic heterocycles. The normalized spacial score (nSPS) is 15.3. The lowest BCUT2D eigenvalue weighted by Gasteiger charge is -2.32. The number of nitrogens with one attached hydrogen (secondary N) is 1. The van der Waals surface area contributed by atoms with Crippen molar-refractivity contribution in [1.29, 1.82) is 0 Å². The zero-order valence-electron chi connectivity index (χ0n) is 18.1. The molecule has 1 atom stereocenters. The lowest BCUT2D eigenvalue weighted by Crippen LogP contribution is -2.51. The third-order valence-corrected chi connectivity index (χ3v) is 6.57. The number of amides is 3. The summed E-state index contributed by atoms with van der Waals surface area (Å²) in [7, 11) is 0. The number of nitrogen functional groups attached to an aromatic ring is 1. The summed E-state index contributed by atoms with van der Waals surface area (Å²) in [6.07, 6.45) is 5.25. The van der Waals surface area contributed by atoms with Crippen molar-refractivity contribution >= 4 is 40.6 Å². The van der Waals surface area contributed by atoms with Crippen LogP contribution in [0, 0.1) is 13.8 Å². The zero-order valence-corrected chi connectivity index (χ0v) is 18.9. The highest BCUT2D eigenvalue weighted by Crippen LogP contribution is 2.30. The minimum absolute atomic E-state index is 0.0577. The molecule has 9 heteroatoms. The first-order valence-corrected chi connectivity index (χ1v) is 11.2. The lowest BCUT2D eigenvalue weighted by atomic mass is 9.95. The fourth-order valence-corrected chi connectivity index (χ4v) is 4.64. The molecule has 0 bridgehead atoms. The first-order valence-electron chi connectivity index (χ1n) is 10.5. The number of aromatic nitrogens is 1. The molecule has 1 aliphatic rings. The van der Waals surface area contributed by atoms with Gasteiger partial charge in [0.1, 0.15) is 10.9 Å². The van der Waals surface area contributed by atoms with Gasteiger partial charge in [-0.1, -0.05) is 31.4 Å². The Morgan fingerprint density at radius 3 is 2.48 bits per heavy atom. The average Bonchev–Trinajstić information content (AvgIpc) is 3.13. The Bertz CT molecular complexity index is 997. The summed E-state index contributed by atoms with van der Waals surface area (Å²) in [5, 5.41) is 3.10. The summed E-state index contributed by atoms with van der Waals surface area (Å²) in [5.74, 6) is -1.50. The number of primary amides is 1. The lowest BCUT2D eigenvalue weighted by molar-refractivity contribution is -0.122. The van der Waals surface area contributed by atoms with Crippen molar-refractivity contribution in [3.05, 3.63) is 39.9 Å². The van der Waals surface area contributed by atoms with E-state index < -0.39 is 17.9 Å². The van der Waals surface area contributed by atoms with E-state index in [1.165, 1.54) is 11.3 Å². The molecule has 2 aromatic rings. The topological polar surface area (TPSA) is 131 Å². The highest BCUT2D eigenvalue weighted by molar-refractivity contribution is 7.09. The van der Waals surface area contributed by atoms with Crippen LogP contribution >= 0.6 is 11.5 Å². The number of benzene rings is 1. The molecule has 0 spiro atoms. The molecule has 8 nitrogen and oxygen atoms in total. The Morgan fingerprint density at radius 2 is 1.87 bits per heavy atom. The molecule has 0 aliphatic heterocycles. The predicted octanol–water partition coefficient (Wildman–Crippen LogP) is 2.93. The Morgan fingerprint density at radius 1 is 1.19 bits per heavy atom. The third kappa shape index (κ3) is 4.87. The summed E-state index contributed by atoms with van der Waals surface area (Å²) in [6, 6.07) is 5.05. The maximum atomic E-state index is 13.6. The van der Waals surface area contributed by atoms with Gasteiger partial charge in [-0.3, -0.25) is 19.3 Å². The number of nitrogens with zero attached hydrogens (tertiary/aromatic N) is 2. The number of hydrogen-bond donors (Lipinski definition) is 3. The first kappa shape index (κ1) is 22.7. The second kappa shape index (κ2) is 9.47. The van der Waals surface area contributed by atoms with Crippen LogP contribution in [-0.2, 0) is 4.79 Å². The quantitative estimate of drug-likeness (QED) is 0.632. The number of carbonyl (C=O) groups excluding carboxylic acids is 3. The molecule has 0 unspecified atom stereocenters. The largest absolute Gasteiger partial charge is 0.395 e. The van der Waals surface area contributed by atoms with Gasteiger partial charge in [0.05, 0.1) is 5.69 Å². The molecule has 1 aliphatic carbocycles. The maximum Gasteiger partial charge on any atom is 0.272 e. The molecule has 5 N–H and O–H groups in total. The first-order chi connectivity index (χ1) is 14.7. The molecule has 1 saturated carbocycles. The highest BCUT2D eigenvalue weighted by Gasteiger charge is 2.33. The van der Waals surface area contributed by atoms with Crippen molar-refractivity contribution in [2.75, 3.05) is 10.6 Å². The van der Waals surface area contributed by atoms with Crippen LogP contribution in [-0.4, -0.2) is 34.2 Å². The predicted molar refractivity (Wildman–Crippen MR) is 122 cm³/mol. The van der Waals surface area contributed by atoms with Gasteiger partial charge in [-0.15, -0.1) is 0 Å². The van der Waals surface area contributed by atoms with Crippen LogP contribution < -0.4 is 21.7 Å². The smallest absolute Gasteiger partial charge is 0.272 e. The van der Waals surface area contributed by atoms with Gasteiger partial charge in [-0.05, 0) is 62.3 Å². The van der Waals surface area contributed by atoms with Crippen molar-refractivity contribution < 1.29 is 14.4 Å². The van der Waals surface area contributed by atoms with Gasteiger partial charge in [0, 0.05) is 11.7 Å². The van der Waals surface area contributed by atoms with Crippen molar-refractivity contribution in [3.8, 4) is 0 Å². The van der Waals surface area contributed by atoms with E-state index in [-0.39, 0.29) is 28.2 Å². The van der Waals surface area contributed by atoms with E-state index in [2.05, 4.69) is 9.69 Å². The minimum atomic E-state index is -0.797. The summed E-state index contributed by atoms with van der Waals surface area (Å²) >= 11 is 0.812. The van der Waals surface area contributed by atoms with E-state index in [9.17, 15) is 14.4 Å². The van der Waals surface area contributed by atoms with Crippen LogP contribution in [0.2, 0.25) is 0 Å². The minimum Gasteiger partial charge on any atom is -0.395 e. The summed E-state index contributed by atoms with van der Waals surface area (Å²) in [4.78, 5) is 39.8. The second-order valence-electron chi connectivity index (χ2n) is 8.12. The van der Waals surface area contributed by atoms with Crippen molar-refractivity contribution in [2.45, 2.75) is 65.0 Å². The molecule has 0 radical (unpaired) electrons. The van der Waals surface area contributed by atoms with Gasteiger partial charge < -0.3 is 16.8 Å². The van der Waals surface area contributed by atoms with Crippen LogP contribution in [0.4, 0.5) is 11.4 Å². The van der Waals surface area contributed by atoms with E-state index >= 15 is 0 Å². The molecule has 3 rings (SSSR count).